The van der Waals surface area contributed by atoms with Crippen molar-refractivity contribution in [1.29, 1.82) is 0 Å². The number of carbonyl (C=O) groups excluding carboxylic acids is 1. The molecule has 0 aliphatic rings. The standard InChI is InChI=1S/C19H21N3O3S.C19H19N3O3S/c2*1-24-14-5-3-13(4-6-14)9-10-20-18-11-16(21-19(22-18)25-2)17-8-7-15(12-23)26-17/h3-8,11,23H,9-10,12H2,1-2H3,(H,20,21,22);3-8,11-12H,9-10H2,1-2H3,(H,20,21,22). The molecule has 2 aromatic carbocycles. The van der Waals surface area contributed by atoms with E-state index in [1.165, 1.54) is 40.9 Å². The molecule has 4 aromatic heterocycles. The van der Waals surface area contributed by atoms with Crippen LogP contribution in [0.3, 0.4) is 0 Å². The number of thiophene rings is 2. The van der Waals surface area contributed by atoms with Crippen molar-refractivity contribution in [2.24, 2.45) is 0 Å². The number of aliphatic hydroxyl groups excluding tert-OH is 1. The Morgan fingerprint density at radius 1 is 0.615 bits per heavy atom. The van der Waals surface area contributed by atoms with Gasteiger partial charge in [0.25, 0.3) is 0 Å². The van der Waals surface area contributed by atoms with Gasteiger partial charge in [-0.3, -0.25) is 4.79 Å². The van der Waals surface area contributed by atoms with E-state index in [1.54, 1.807) is 27.4 Å². The smallest absolute Gasteiger partial charge is 0.318 e. The molecule has 3 N–H and O–H groups in total. The third-order valence-corrected chi connectivity index (χ3v) is 9.73. The van der Waals surface area contributed by atoms with Gasteiger partial charge in [-0.1, -0.05) is 24.3 Å². The van der Waals surface area contributed by atoms with Crippen molar-refractivity contribution >= 4 is 40.6 Å². The Balaban J connectivity index is 0.000000201. The molecule has 0 unspecified atom stereocenters. The lowest BCUT2D eigenvalue weighted by molar-refractivity contribution is 0.112. The van der Waals surface area contributed by atoms with Gasteiger partial charge in [0.1, 0.15) is 23.1 Å². The summed E-state index contributed by atoms with van der Waals surface area (Å²) in [6.07, 6.45) is 2.54. The van der Waals surface area contributed by atoms with E-state index < -0.39 is 0 Å². The zero-order valence-corrected chi connectivity index (χ0v) is 30.9. The summed E-state index contributed by atoms with van der Waals surface area (Å²) in [5.41, 5.74) is 3.91. The normalized spacial score (nSPS) is 10.5. The predicted octanol–water partition coefficient (Wildman–Crippen LogP) is 7.06. The van der Waals surface area contributed by atoms with Gasteiger partial charge in [-0.2, -0.15) is 19.9 Å². The Labute approximate surface area is 310 Å². The molecule has 0 atom stereocenters. The van der Waals surface area contributed by atoms with Gasteiger partial charge in [0.2, 0.25) is 0 Å². The van der Waals surface area contributed by atoms with Crippen LogP contribution in [0.15, 0.2) is 84.9 Å². The van der Waals surface area contributed by atoms with Crippen molar-refractivity contribution in [3.8, 4) is 44.7 Å². The fourth-order valence-electron chi connectivity index (χ4n) is 4.88. The van der Waals surface area contributed by atoms with Crippen molar-refractivity contribution in [2.45, 2.75) is 19.4 Å². The minimum atomic E-state index is 0.0276. The van der Waals surface area contributed by atoms with Crippen LogP contribution < -0.4 is 29.6 Å². The highest BCUT2D eigenvalue weighted by Gasteiger charge is 2.11. The van der Waals surface area contributed by atoms with E-state index in [9.17, 15) is 9.90 Å². The van der Waals surface area contributed by atoms with Crippen LogP contribution in [0.5, 0.6) is 23.5 Å². The number of aromatic nitrogens is 4. The van der Waals surface area contributed by atoms with E-state index in [2.05, 4.69) is 42.7 Å². The van der Waals surface area contributed by atoms with Gasteiger partial charge in [0, 0.05) is 30.1 Å². The fraction of sp³-hybridized carbons (Fsp3) is 0.237. The van der Waals surface area contributed by atoms with Crippen LogP contribution in [-0.4, -0.2) is 72.9 Å². The molecular formula is C38H40N6O6S2. The van der Waals surface area contributed by atoms with Crippen molar-refractivity contribution in [3.63, 3.8) is 0 Å². The molecule has 6 aromatic rings. The number of rotatable bonds is 16. The van der Waals surface area contributed by atoms with Crippen LogP contribution in [0.1, 0.15) is 25.7 Å². The van der Waals surface area contributed by atoms with Gasteiger partial charge >= 0.3 is 12.0 Å². The van der Waals surface area contributed by atoms with Gasteiger partial charge in [0.15, 0.2) is 6.29 Å². The van der Waals surface area contributed by atoms with E-state index in [0.717, 1.165) is 69.7 Å². The van der Waals surface area contributed by atoms with Gasteiger partial charge < -0.3 is 34.7 Å². The van der Waals surface area contributed by atoms with Crippen molar-refractivity contribution in [3.05, 3.63) is 106 Å². The number of aliphatic hydroxyl groups is 1. The van der Waals surface area contributed by atoms with Gasteiger partial charge in [-0.15, -0.1) is 22.7 Å². The third kappa shape index (κ3) is 10.7. The zero-order valence-electron chi connectivity index (χ0n) is 29.3. The number of nitrogens with one attached hydrogen (secondary N) is 2. The SMILES string of the molecule is COc1ccc(CCNc2cc(-c3ccc(C=O)s3)nc(OC)n2)cc1.COc1ccc(CCNc2cc(-c3ccc(CO)s3)nc(OC)n2)cc1. The molecule has 14 heteroatoms. The molecule has 0 saturated carbocycles. The van der Waals surface area contributed by atoms with E-state index in [-0.39, 0.29) is 12.6 Å². The van der Waals surface area contributed by atoms with Crippen LogP contribution in [0.25, 0.3) is 21.1 Å². The van der Waals surface area contributed by atoms with Gasteiger partial charge in [-0.05, 0) is 72.5 Å². The number of ether oxygens (including phenoxy) is 4. The largest absolute Gasteiger partial charge is 0.497 e. The lowest BCUT2D eigenvalue weighted by Crippen LogP contribution is -2.07. The number of aldehydes is 1. The lowest BCUT2D eigenvalue weighted by atomic mass is 10.1. The quantitative estimate of drug-likeness (QED) is 0.0873. The third-order valence-electron chi connectivity index (χ3n) is 7.60. The zero-order chi connectivity index (χ0) is 36.7. The molecule has 0 saturated heterocycles. The summed E-state index contributed by atoms with van der Waals surface area (Å²) < 4.78 is 20.8. The summed E-state index contributed by atoms with van der Waals surface area (Å²) in [6, 6.07) is 27.8. The van der Waals surface area contributed by atoms with Crippen LogP contribution in [0, 0.1) is 0 Å². The summed E-state index contributed by atoms with van der Waals surface area (Å²) in [7, 11) is 6.40. The topological polar surface area (TPSA) is 150 Å². The molecule has 52 heavy (non-hydrogen) atoms. The average Bonchev–Trinajstić information content (AvgIpc) is 3.89. The Morgan fingerprint density at radius 3 is 1.50 bits per heavy atom. The van der Waals surface area contributed by atoms with Crippen LogP contribution in [0.2, 0.25) is 0 Å². The minimum Gasteiger partial charge on any atom is -0.497 e. The molecule has 6 rings (SSSR count). The number of nitrogens with zero attached hydrogens (tertiary/aromatic N) is 4. The van der Waals surface area contributed by atoms with Crippen molar-refractivity contribution in [2.75, 3.05) is 52.2 Å². The highest BCUT2D eigenvalue weighted by Crippen LogP contribution is 2.30. The van der Waals surface area contributed by atoms with Crippen LogP contribution in [-0.2, 0) is 19.4 Å². The Morgan fingerprint density at radius 2 is 1.10 bits per heavy atom. The predicted molar refractivity (Wildman–Crippen MR) is 205 cm³/mol. The summed E-state index contributed by atoms with van der Waals surface area (Å²) in [6.45, 7) is 1.48. The highest BCUT2D eigenvalue weighted by atomic mass is 32.1. The first-order valence-electron chi connectivity index (χ1n) is 16.3. The lowest BCUT2D eigenvalue weighted by Gasteiger charge is -2.09. The van der Waals surface area contributed by atoms with Crippen LogP contribution in [0.4, 0.5) is 11.6 Å². The summed E-state index contributed by atoms with van der Waals surface area (Å²) >= 11 is 2.89. The monoisotopic (exact) mass is 740 g/mol. The van der Waals surface area contributed by atoms with Gasteiger partial charge in [0.05, 0.1) is 61.1 Å². The molecule has 0 radical (unpaired) electrons. The summed E-state index contributed by atoms with van der Waals surface area (Å²) in [5.74, 6) is 3.09. The number of hydrogen-bond donors (Lipinski definition) is 3. The van der Waals surface area contributed by atoms with E-state index >= 15 is 0 Å². The maximum atomic E-state index is 10.9. The maximum absolute atomic E-state index is 10.9. The molecule has 0 spiro atoms. The first kappa shape index (κ1) is 37.7. The molecule has 0 fully saturated rings. The number of anilines is 2. The molecule has 4 heterocycles. The van der Waals surface area contributed by atoms with Crippen molar-refractivity contribution < 1.29 is 28.8 Å². The fourth-order valence-corrected chi connectivity index (χ4v) is 6.49. The van der Waals surface area contributed by atoms with Crippen LogP contribution >= 0.6 is 22.7 Å². The maximum Gasteiger partial charge on any atom is 0.318 e. The van der Waals surface area contributed by atoms with E-state index in [0.29, 0.717) is 22.5 Å². The van der Waals surface area contributed by atoms with E-state index in [4.69, 9.17) is 18.9 Å². The molecule has 270 valence electrons. The number of hydrogen-bond acceptors (Lipinski definition) is 14. The number of carbonyl (C=O) groups is 1. The molecule has 12 nitrogen and oxygen atoms in total. The Hall–Kier alpha value is -5.57. The van der Waals surface area contributed by atoms with E-state index in [1.807, 2.05) is 66.7 Å². The molecular weight excluding hydrogens is 701 g/mol. The second-order valence-electron chi connectivity index (χ2n) is 11.0. The van der Waals surface area contributed by atoms with Crippen molar-refractivity contribution in [1.82, 2.24) is 19.9 Å². The molecule has 0 amide bonds. The second-order valence-corrected chi connectivity index (χ2v) is 13.3. The molecule has 0 aliphatic carbocycles. The number of benzene rings is 2. The first-order valence-corrected chi connectivity index (χ1v) is 17.9. The molecule has 0 aliphatic heterocycles. The minimum absolute atomic E-state index is 0.0276. The average molecular weight is 741 g/mol. The van der Waals surface area contributed by atoms with Gasteiger partial charge in [-0.25, -0.2) is 0 Å². The Kier molecular flexibility index (Phi) is 13.9. The highest BCUT2D eigenvalue weighted by molar-refractivity contribution is 7.17. The molecule has 0 bridgehead atoms. The first-order chi connectivity index (χ1) is 25.4. The Bertz CT molecular complexity index is 2020. The number of methoxy groups -OCH3 is 4. The second kappa shape index (κ2) is 19.2. The summed E-state index contributed by atoms with van der Waals surface area (Å²) in [5, 5.41) is 15.9. The summed E-state index contributed by atoms with van der Waals surface area (Å²) in [4.78, 5) is 31.8.